The van der Waals surface area contributed by atoms with E-state index in [0.717, 1.165) is 0 Å². The summed E-state index contributed by atoms with van der Waals surface area (Å²) in [7, 11) is 1.54. The van der Waals surface area contributed by atoms with Crippen LogP contribution in [0, 0.1) is 0 Å². The second kappa shape index (κ2) is 4.50. The summed E-state index contributed by atoms with van der Waals surface area (Å²) >= 11 is 0. The van der Waals surface area contributed by atoms with Gasteiger partial charge in [-0.05, 0) is 26.8 Å². The molecule has 0 aliphatic carbocycles. The number of amides is 1. The first-order chi connectivity index (χ1) is 8.79. The Hall–Kier alpha value is -2.17. The molecule has 19 heavy (non-hydrogen) atoms. The van der Waals surface area contributed by atoms with E-state index in [9.17, 15) is 9.59 Å². The molecule has 2 aromatic rings. The fraction of sp³-hybridized carbons (Fsp3) is 0.357. The van der Waals surface area contributed by atoms with Crippen LogP contribution >= 0.6 is 0 Å². The highest BCUT2D eigenvalue weighted by Gasteiger charge is 2.20. The van der Waals surface area contributed by atoms with Gasteiger partial charge in [0.05, 0.1) is 5.39 Å². The molecule has 0 radical (unpaired) electrons. The summed E-state index contributed by atoms with van der Waals surface area (Å²) in [6.07, 6.45) is 0. The first-order valence-electron chi connectivity index (χ1n) is 6.08. The van der Waals surface area contributed by atoms with E-state index in [4.69, 9.17) is 0 Å². The maximum Gasteiger partial charge on any atom is 0.274 e. The van der Waals surface area contributed by atoms with Crippen LogP contribution in [-0.4, -0.2) is 21.2 Å². The number of carbonyl (C=O) groups is 1. The van der Waals surface area contributed by atoms with Gasteiger partial charge in [-0.1, -0.05) is 18.2 Å². The van der Waals surface area contributed by atoms with Gasteiger partial charge in [-0.3, -0.25) is 9.59 Å². The van der Waals surface area contributed by atoms with Gasteiger partial charge in [0.15, 0.2) is 5.69 Å². The van der Waals surface area contributed by atoms with Gasteiger partial charge in [-0.2, -0.15) is 5.10 Å². The van der Waals surface area contributed by atoms with E-state index in [1.54, 1.807) is 31.3 Å². The normalized spacial score (nSPS) is 11.6. The van der Waals surface area contributed by atoms with Crippen LogP contribution in [-0.2, 0) is 7.05 Å². The smallest absolute Gasteiger partial charge is 0.274 e. The third kappa shape index (κ3) is 2.65. The van der Waals surface area contributed by atoms with Gasteiger partial charge < -0.3 is 5.32 Å². The third-order valence-electron chi connectivity index (χ3n) is 2.66. The molecule has 0 bridgehead atoms. The van der Waals surface area contributed by atoms with Crippen molar-refractivity contribution in [1.29, 1.82) is 0 Å². The van der Waals surface area contributed by atoms with E-state index in [1.807, 2.05) is 20.8 Å². The monoisotopic (exact) mass is 259 g/mol. The minimum atomic E-state index is -0.353. The molecule has 1 amide bonds. The molecule has 1 heterocycles. The molecule has 1 aromatic carbocycles. The highest BCUT2D eigenvalue weighted by molar-refractivity contribution is 6.04. The van der Waals surface area contributed by atoms with Gasteiger partial charge >= 0.3 is 0 Å². The molecule has 1 aromatic heterocycles. The molecule has 5 heteroatoms. The van der Waals surface area contributed by atoms with Crippen LogP contribution in [0.15, 0.2) is 29.1 Å². The van der Waals surface area contributed by atoms with Gasteiger partial charge in [0, 0.05) is 18.0 Å². The summed E-state index contributed by atoms with van der Waals surface area (Å²) in [5.41, 5.74) is -0.287. The average Bonchev–Trinajstić information content (AvgIpc) is 2.31. The Balaban J connectivity index is 2.65. The number of hydrogen-bond acceptors (Lipinski definition) is 3. The number of fused-ring (bicyclic) bond motifs is 1. The molecule has 0 aliphatic heterocycles. The van der Waals surface area contributed by atoms with Crippen LogP contribution in [0.25, 0.3) is 10.8 Å². The molecular weight excluding hydrogens is 242 g/mol. The van der Waals surface area contributed by atoms with Crippen molar-refractivity contribution in [3.8, 4) is 0 Å². The lowest BCUT2D eigenvalue weighted by Crippen LogP contribution is -2.41. The zero-order valence-corrected chi connectivity index (χ0v) is 11.5. The lowest BCUT2D eigenvalue weighted by Gasteiger charge is -2.20. The van der Waals surface area contributed by atoms with E-state index in [1.165, 1.54) is 4.68 Å². The largest absolute Gasteiger partial charge is 0.346 e. The Morgan fingerprint density at radius 2 is 1.79 bits per heavy atom. The van der Waals surface area contributed by atoms with Crippen molar-refractivity contribution in [2.24, 2.45) is 7.05 Å². The molecule has 0 saturated carbocycles. The fourth-order valence-corrected chi connectivity index (χ4v) is 1.87. The van der Waals surface area contributed by atoms with Crippen molar-refractivity contribution >= 4 is 16.7 Å². The highest BCUT2D eigenvalue weighted by Crippen LogP contribution is 2.13. The maximum atomic E-state index is 12.2. The van der Waals surface area contributed by atoms with Crippen molar-refractivity contribution < 1.29 is 4.79 Å². The Kier molecular flexibility index (Phi) is 3.14. The van der Waals surface area contributed by atoms with Crippen LogP contribution in [0.1, 0.15) is 31.3 Å². The summed E-state index contributed by atoms with van der Waals surface area (Å²) in [5.74, 6) is -0.278. The summed E-state index contributed by atoms with van der Waals surface area (Å²) in [5, 5.41) is 8.01. The SMILES string of the molecule is Cn1nc(C(=O)NC(C)(C)C)c2ccccc2c1=O. The molecule has 2 rings (SSSR count). The third-order valence-corrected chi connectivity index (χ3v) is 2.66. The molecule has 5 nitrogen and oxygen atoms in total. The minimum Gasteiger partial charge on any atom is -0.346 e. The molecule has 0 saturated heterocycles. The molecular formula is C14H17N3O2. The summed E-state index contributed by atoms with van der Waals surface area (Å²) in [4.78, 5) is 24.2. The molecule has 0 atom stereocenters. The van der Waals surface area contributed by atoms with Crippen molar-refractivity contribution in [3.05, 3.63) is 40.3 Å². The van der Waals surface area contributed by atoms with Crippen molar-refractivity contribution in [1.82, 2.24) is 15.1 Å². The standard InChI is InChI=1S/C14H17N3O2/c1-14(2,3)15-12(18)11-9-7-5-6-8-10(9)13(19)17(4)16-11/h5-8H,1-4H3,(H,15,18). The van der Waals surface area contributed by atoms with Crippen molar-refractivity contribution in [3.63, 3.8) is 0 Å². The summed E-state index contributed by atoms with van der Waals surface area (Å²) in [6.45, 7) is 5.69. The quantitative estimate of drug-likeness (QED) is 0.843. The van der Waals surface area contributed by atoms with Crippen LogP contribution in [0.4, 0.5) is 0 Å². The van der Waals surface area contributed by atoms with Crippen LogP contribution < -0.4 is 10.9 Å². The first-order valence-corrected chi connectivity index (χ1v) is 6.08. The van der Waals surface area contributed by atoms with Crippen molar-refractivity contribution in [2.75, 3.05) is 0 Å². The summed E-state index contributed by atoms with van der Waals surface area (Å²) in [6, 6.07) is 7.00. The predicted molar refractivity (Wildman–Crippen MR) is 74.2 cm³/mol. The number of aromatic nitrogens is 2. The number of hydrogen-bond donors (Lipinski definition) is 1. The van der Waals surface area contributed by atoms with E-state index in [2.05, 4.69) is 10.4 Å². The highest BCUT2D eigenvalue weighted by atomic mass is 16.2. The molecule has 0 unspecified atom stereocenters. The zero-order valence-electron chi connectivity index (χ0n) is 11.5. The predicted octanol–water partition coefficient (Wildman–Crippen LogP) is 1.46. The number of carbonyl (C=O) groups excluding carboxylic acids is 1. The second-order valence-electron chi connectivity index (χ2n) is 5.53. The van der Waals surface area contributed by atoms with Gasteiger partial charge in [0.25, 0.3) is 11.5 Å². The summed E-state index contributed by atoms with van der Waals surface area (Å²) < 4.78 is 1.19. The van der Waals surface area contributed by atoms with Crippen LogP contribution in [0.2, 0.25) is 0 Å². The number of benzene rings is 1. The minimum absolute atomic E-state index is 0.206. The molecule has 0 fully saturated rings. The van der Waals surface area contributed by atoms with Gasteiger partial charge in [-0.15, -0.1) is 0 Å². The van der Waals surface area contributed by atoms with Gasteiger partial charge in [0.1, 0.15) is 0 Å². The first kappa shape index (κ1) is 13.3. The maximum absolute atomic E-state index is 12.2. The van der Waals surface area contributed by atoms with Crippen LogP contribution in [0.5, 0.6) is 0 Å². The Morgan fingerprint density at radius 3 is 2.37 bits per heavy atom. The van der Waals surface area contributed by atoms with Crippen molar-refractivity contribution in [2.45, 2.75) is 26.3 Å². The number of nitrogens with zero attached hydrogens (tertiary/aromatic N) is 2. The van der Waals surface area contributed by atoms with E-state index >= 15 is 0 Å². The lowest BCUT2D eigenvalue weighted by atomic mass is 10.1. The Bertz CT molecular complexity index is 696. The molecule has 100 valence electrons. The second-order valence-corrected chi connectivity index (χ2v) is 5.53. The van der Waals surface area contributed by atoms with Crippen LogP contribution in [0.3, 0.4) is 0 Å². The topological polar surface area (TPSA) is 64.0 Å². The fourth-order valence-electron chi connectivity index (χ4n) is 1.87. The molecule has 0 aliphatic rings. The Labute approximate surface area is 111 Å². The zero-order chi connectivity index (χ0) is 14.2. The van der Waals surface area contributed by atoms with Gasteiger partial charge in [-0.25, -0.2) is 4.68 Å². The lowest BCUT2D eigenvalue weighted by molar-refractivity contribution is 0.0914. The van der Waals surface area contributed by atoms with E-state index in [-0.39, 0.29) is 22.7 Å². The molecule has 0 spiro atoms. The number of rotatable bonds is 1. The van der Waals surface area contributed by atoms with Gasteiger partial charge in [0.2, 0.25) is 0 Å². The number of aryl methyl sites for hydroxylation is 1. The average molecular weight is 259 g/mol. The van der Waals surface area contributed by atoms with E-state index in [0.29, 0.717) is 10.8 Å². The molecule has 1 N–H and O–H groups in total. The number of nitrogens with one attached hydrogen (secondary N) is 1. The van der Waals surface area contributed by atoms with E-state index < -0.39 is 0 Å². The Morgan fingerprint density at radius 1 is 1.21 bits per heavy atom.